The molecular weight excluding hydrogens is 460 g/mol. The average Bonchev–Trinajstić information content (AvgIpc) is 2.84. The lowest BCUT2D eigenvalue weighted by Gasteiger charge is -2.10. The van der Waals surface area contributed by atoms with Crippen molar-refractivity contribution in [2.24, 2.45) is 0 Å². The van der Waals surface area contributed by atoms with E-state index in [9.17, 15) is 18.0 Å². The van der Waals surface area contributed by atoms with Gasteiger partial charge in [-0.05, 0) is 79.7 Å². The molecule has 34 heavy (non-hydrogen) atoms. The van der Waals surface area contributed by atoms with Gasteiger partial charge in [0.1, 0.15) is 11.5 Å². The summed E-state index contributed by atoms with van der Waals surface area (Å²) < 4.78 is 42.9. The van der Waals surface area contributed by atoms with E-state index < -0.39 is 28.5 Å². The zero-order valence-corrected chi connectivity index (χ0v) is 19.4. The van der Waals surface area contributed by atoms with Gasteiger partial charge in [0.25, 0.3) is 15.9 Å². The van der Waals surface area contributed by atoms with Crippen LogP contribution in [0.15, 0.2) is 77.7 Å². The fourth-order valence-electron chi connectivity index (χ4n) is 2.86. The number of rotatable bonds is 10. The van der Waals surface area contributed by atoms with Crippen LogP contribution in [0.5, 0.6) is 11.5 Å². The third-order valence-corrected chi connectivity index (χ3v) is 5.92. The van der Waals surface area contributed by atoms with E-state index in [0.717, 1.165) is 0 Å². The highest BCUT2D eigenvalue weighted by Crippen LogP contribution is 2.20. The maximum Gasteiger partial charge on any atom is 0.338 e. The van der Waals surface area contributed by atoms with Crippen molar-refractivity contribution >= 4 is 33.3 Å². The van der Waals surface area contributed by atoms with Crippen LogP contribution < -0.4 is 19.5 Å². The number of ether oxygens (including phenoxy) is 3. The molecule has 0 aliphatic heterocycles. The Morgan fingerprint density at radius 3 is 2.00 bits per heavy atom. The molecule has 178 valence electrons. The Balaban J connectivity index is 1.53. The summed E-state index contributed by atoms with van der Waals surface area (Å²) in [5.74, 6) is 0.000642. The predicted molar refractivity (Wildman–Crippen MR) is 127 cm³/mol. The summed E-state index contributed by atoms with van der Waals surface area (Å²) in [6.07, 6.45) is 0. The Kier molecular flexibility index (Phi) is 8.10. The minimum atomic E-state index is -3.82. The van der Waals surface area contributed by atoms with Gasteiger partial charge in [-0.3, -0.25) is 9.52 Å². The monoisotopic (exact) mass is 484 g/mol. The summed E-state index contributed by atoms with van der Waals surface area (Å²) in [7, 11) is -2.28. The molecule has 0 bridgehead atoms. The molecule has 10 heteroatoms. The second kappa shape index (κ2) is 11.2. The van der Waals surface area contributed by atoms with Crippen LogP contribution in [-0.4, -0.2) is 40.6 Å². The third kappa shape index (κ3) is 6.72. The first-order chi connectivity index (χ1) is 16.3. The molecule has 0 radical (unpaired) electrons. The summed E-state index contributed by atoms with van der Waals surface area (Å²) in [5.41, 5.74) is 0.968. The van der Waals surface area contributed by atoms with Gasteiger partial charge in [0.15, 0.2) is 6.61 Å². The molecule has 3 rings (SSSR count). The van der Waals surface area contributed by atoms with E-state index in [4.69, 9.17) is 14.2 Å². The highest BCUT2D eigenvalue weighted by Gasteiger charge is 2.15. The van der Waals surface area contributed by atoms with Crippen LogP contribution in [0.1, 0.15) is 17.3 Å². The van der Waals surface area contributed by atoms with Gasteiger partial charge < -0.3 is 19.5 Å². The van der Waals surface area contributed by atoms with Crippen molar-refractivity contribution in [1.82, 2.24) is 0 Å². The van der Waals surface area contributed by atoms with Gasteiger partial charge in [0.2, 0.25) is 0 Å². The van der Waals surface area contributed by atoms with Crippen molar-refractivity contribution in [3.8, 4) is 11.5 Å². The van der Waals surface area contributed by atoms with E-state index in [1.54, 1.807) is 36.4 Å². The van der Waals surface area contributed by atoms with Crippen LogP contribution in [0.4, 0.5) is 11.4 Å². The lowest BCUT2D eigenvalue weighted by atomic mass is 10.2. The zero-order valence-electron chi connectivity index (χ0n) is 18.6. The number of esters is 1. The molecule has 0 spiro atoms. The number of carbonyl (C=O) groups excluding carboxylic acids is 2. The van der Waals surface area contributed by atoms with Crippen LogP contribution >= 0.6 is 0 Å². The van der Waals surface area contributed by atoms with Crippen molar-refractivity contribution < 1.29 is 32.2 Å². The summed E-state index contributed by atoms with van der Waals surface area (Å²) in [6, 6.07) is 18.4. The highest BCUT2D eigenvalue weighted by atomic mass is 32.2. The maximum atomic E-state index is 12.6. The molecular formula is C24H24N2O7S. The molecule has 0 fully saturated rings. The molecule has 0 saturated heterocycles. The number of amides is 1. The highest BCUT2D eigenvalue weighted by molar-refractivity contribution is 7.92. The minimum Gasteiger partial charge on any atom is -0.497 e. The lowest BCUT2D eigenvalue weighted by molar-refractivity contribution is -0.119. The molecule has 1 amide bonds. The van der Waals surface area contributed by atoms with Gasteiger partial charge >= 0.3 is 5.97 Å². The van der Waals surface area contributed by atoms with Crippen LogP contribution in [-0.2, 0) is 19.6 Å². The molecule has 0 unspecified atom stereocenters. The van der Waals surface area contributed by atoms with E-state index in [1.165, 1.54) is 43.5 Å². The molecule has 2 N–H and O–H groups in total. The fraction of sp³-hybridized carbons (Fsp3) is 0.167. The second-order valence-corrected chi connectivity index (χ2v) is 8.62. The summed E-state index contributed by atoms with van der Waals surface area (Å²) in [6.45, 7) is 1.84. The Labute approximate surface area is 197 Å². The Bertz CT molecular complexity index is 1220. The lowest BCUT2D eigenvalue weighted by Crippen LogP contribution is -2.21. The van der Waals surface area contributed by atoms with Crippen LogP contribution in [0, 0.1) is 0 Å². The van der Waals surface area contributed by atoms with E-state index in [1.807, 2.05) is 6.92 Å². The Hall–Kier alpha value is -4.05. The number of hydrogen-bond donors (Lipinski definition) is 2. The first-order valence-electron chi connectivity index (χ1n) is 10.3. The molecule has 0 aliphatic carbocycles. The van der Waals surface area contributed by atoms with Gasteiger partial charge in [0.05, 0.1) is 24.2 Å². The van der Waals surface area contributed by atoms with Crippen molar-refractivity contribution in [2.75, 3.05) is 30.4 Å². The number of methoxy groups -OCH3 is 1. The SMILES string of the molecule is CCOc1ccc(S(=O)(=O)Nc2ccc(C(=O)OCC(=O)Nc3ccc(OC)cc3)cc2)cc1. The number of benzene rings is 3. The van der Waals surface area contributed by atoms with Gasteiger partial charge in [0, 0.05) is 11.4 Å². The first-order valence-corrected chi connectivity index (χ1v) is 11.8. The van der Waals surface area contributed by atoms with Gasteiger partial charge in [-0.25, -0.2) is 13.2 Å². The molecule has 0 atom stereocenters. The van der Waals surface area contributed by atoms with Gasteiger partial charge in [-0.1, -0.05) is 0 Å². The smallest absolute Gasteiger partial charge is 0.338 e. The summed E-state index contributed by atoms with van der Waals surface area (Å²) >= 11 is 0. The normalized spacial score (nSPS) is 10.8. The largest absolute Gasteiger partial charge is 0.497 e. The zero-order chi connectivity index (χ0) is 24.6. The van der Waals surface area contributed by atoms with Crippen LogP contribution in [0.3, 0.4) is 0 Å². The van der Waals surface area contributed by atoms with E-state index >= 15 is 0 Å². The molecule has 0 aromatic heterocycles. The van der Waals surface area contributed by atoms with Gasteiger partial charge in [-0.15, -0.1) is 0 Å². The summed E-state index contributed by atoms with van der Waals surface area (Å²) in [5, 5.41) is 2.60. The van der Waals surface area contributed by atoms with Crippen LogP contribution in [0.2, 0.25) is 0 Å². The maximum absolute atomic E-state index is 12.6. The fourth-order valence-corrected chi connectivity index (χ4v) is 3.91. The van der Waals surface area contributed by atoms with Crippen molar-refractivity contribution in [2.45, 2.75) is 11.8 Å². The molecule has 3 aromatic carbocycles. The average molecular weight is 485 g/mol. The number of carbonyl (C=O) groups is 2. The number of anilines is 2. The van der Waals surface area contributed by atoms with Gasteiger partial charge in [-0.2, -0.15) is 0 Å². The summed E-state index contributed by atoms with van der Waals surface area (Å²) in [4.78, 5) is 24.3. The Morgan fingerprint density at radius 1 is 0.824 bits per heavy atom. The van der Waals surface area contributed by atoms with Crippen molar-refractivity contribution in [3.63, 3.8) is 0 Å². The van der Waals surface area contributed by atoms with E-state index in [-0.39, 0.29) is 16.1 Å². The number of hydrogen-bond acceptors (Lipinski definition) is 7. The molecule has 3 aromatic rings. The van der Waals surface area contributed by atoms with E-state index in [2.05, 4.69) is 10.0 Å². The third-order valence-electron chi connectivity index (χ3n) is 4.53. The second-order valence-electron chi connectivity index (χ2n) is 6.94. The molecule has 0 saturated carbocycles. The topological polar surface area (TPSA) is 120 Å². The molecule has 9 nitrogen and oxygen atoms in total. The predicted octanol–water partition coefficient (Wildman–Crippen LogP) is 3.69. The standard InChI is InChI=1S/C24H24N2O7S/c1-3-32-21-12-14-22(15-13-21)34(29,30)26-19-6-4-17(5-7-19)24(28)33-16-23(27)25-18-8-10-20(31-2)11-9-18/h4-15,26H,3,16H2,1-2H3,(H,25,27). The number of nitrogens with one attached hydrogen (secondary N) is 2. The Morgan fingerprint density at radius 2 is 1.41 bits per heavy atom. The quantitative estimate of drug-likeness (QED) is 0.421. The van der Waals surface area contributed by atoms with E-state index in [0.29, 0.717) is 23.8 Å². The van der Waals surface area contributed by atoms with Crippen molar-refractivity contribution in [1.29, 1.82) is 0 Å². The molecule has 0 aliphatic rings. The van der Waals surface area contributed by atoms with Crippen molar-refractivity contribution in [3.05, 3.63) is 78.4 Å². The van der Waals surface area contributed by atoms with Crippen LogP contribution in [0.25, 0.3) is 0 Å². The number of sulfonamides is 1. The molecule has 0 heterocycles. The first kappa shape index (κ1) is 24.6. The minimum absolute atomic E-state index is 0.0716.